The molecule has 0 aliphatic heterocycles. The summed E-state index contributed by atoms with van der Waals surface area (Å²) in [5.41, 5.74) is 1.89. The van der Waals surface area contributed by atoms with Crippen LogP contribution in [0.2, 0.25) is 0 Å². The van der Waals surface area contributed by atoms with Gasteiger partial charge in [-0.25, -0.2) is 4.98 Å². The number of hydrogen-bond acceptors (Lipinski definition) is 4. The molecule has 2 heterocycles. The van der Waals surface area contributed by atoms with Gasteiger partial charge in [0.25, 0.3) is 0 Å². The van der Waals surface area contributed by atoms with Gasteiger partial charge < -0.3 is 16.9 Å². The van der Waals surface area contributed by atoms with Gasteiger partial charge in [-0.1, -0.05) is 30.3 Å². The molecule has 4 aromatic rings. The second-order valence-corrected chi connectivity index (χ2v) is 5.49. The largest absolute Gasteiger partial charge is 2.00 e. The van der Waals surface area contributed by atoms with Crippen LogP contribution in [0.4, 0.5) is 0 Å². The van der Waals surface area contributed by atoms with Gasteiger partial charge in [0.15, 0.2) is 0 Å². The Kier molecular flexibility index (Phi) is 7.89. The minimum absolute atomic E-state index is 0. The first-order chi connectivity index (χ1) is 12.9. The van der Waals surface area contributed by atoms with E-state index >= 15 is 0 Å². The van der Waals surface area contributed by atoms with Crippen molar-refractivity contribution in [3.05, 3.63) is 105 Å². The first-order valence-corrected chi connectivity index (χ1v) is 8.17. The van der Waals surface area contributed by atoms with Crippen molar-refractivity contribution in [1.29, 1.82) is 0 Å². The molecule has 5 heteroatoms. The number of nitrogens with zero attached hydrogens (tertiary/aromatic N) is 2. The van der Waals surface area contributed by atoms with Crippen molar-refractivity contribution in [3.8, 4) is 34.4 Å². The average Bonchev–Trinajstić information content (AvgIpc) is 2.70. The number of pyridine rings is 2. The van der Waals surface area contributed by atoms with Crippen LogP contribution in [0.3, 0.4) is 0 Å². The molecule has 2 aromatic heterocycles. The van der Waals surface area contributed by atoms with Crippen LogP contribution in [0.15, 0.2) is 91.3 Å². The molecular formula is C23H18N2O2Pd. The maximum Gasteiger partial charge on any atom is 2.00 e. The fourth-order valence-corrected chi connectivity index (χ4v) is 2.45. The number of aromatic nitrogens is 2. The van der Waals surface area contributed by atoms with Crippen molar-refractivity contribution in [2.75, 3.05) is 0 Å². The summed E-state index contributed by atoms with van der Waals surface area (Å²) in [6.07, 6.45) is 3.45. The molecule has 142 valence electrons. The average molecular weight is 461 g/mol. The Labute approximate surface area is 178 Å². The van der Waals surface area contributed by atoms with E-state index in [9.17, 15) is 0 Å². The van der Waals surface area contributed by atoms with Crippen molar-refractivity contribution >= 4 is 0 Å². The van der Waals surface area contributed by atoms with Crippen LogP contribution in [0, 0.1) is 13.5 Å². The Morgan fingerprint density at radius 3 is 2.11 bits per heavy atom. The van der Waals surface area contributed by atoms with E-state index in [0.29, 0.717) is 23.1 Å². The van der Waals surface area contributed by atoms with E-state index in [2.05, 4.69) is 16.0 Å². The van der Waals surface area contributed by atoms with Gasteiger partial charge in [-0.2, -0.15) is 6.07 Å². The molecule has 0 aliphatic rings. The number of rotatable bonds is 5. The smallest absolute Gasteiger partial charge is 0.483 e. The van der Waals surface area contributed by atoms with E-state index < -0.39 is 0 Å². The molecule has 0 fully saturated rings. The van der Waals surface area contributed by atoms with Gasteiger partial charge in [0.2, 0.25) is 5.88 Å². The Morgan fingerprint density at radius 2 is 1.39 bits per heavy atom. The molecule has 4 rings (SSSR count). The topological polar surface area (TPSA) is 44.2 Å². The Bertz CT molecular complexity index is 995. The summed E-state index contributed by atoms with van der Waals surface area (Å²) in [7, 11) is 0. The van der Waals surface area contributed by atoms with Crippen molar-refractivity contribution in [2.45, 2.75) is 0 Å². The normalized spacial score (nSPS) is 9.57. The van der Waals surface area contributed by atoms with E-state index in [1.807, 2.05) is 72.8 Å². The van der Waals surface area contributed by atoms with Gasteiger partial charge in [-0.05, 0) is 30.3 Å². The van der Waals surface area contributed by atoms with Gasteiger partial charge in [0.05, 0.1) is 5.69 Å². The zero-order chi connectivity index (χ0) is 17.6. The van der Waals surface area contributed by atoms with E-state index in [1.54, 1.807) is 18.5 Å². The zero-order valence-corrected chi connectivity index (χ0v) is 16.7. The standard InChI is InChI=1S/C22H15N2O2.CH3.Pd/c1-3-13-23-21(11-1)17-7-5-8-18(15-17)25-19-9-6-10-20(16-19)26-22-12-2-4-14-24-22;;/h1-15H;1H3;/q2*-1;+2. The Morgan fingerprint density at radius 1 is 0.679 bits per heavy atom. The summed E-state index contributed by atoms with van der Waals surface area (Å²) < 4.78 is 11.6. The van der Waals surface area contributed by atoms with Crippen LogP contribution in [0.1, 0.15) is 0 Å². The molecular weight excluding hydrogens is 443 g/mol. The molecule has 2 aromatic carbocycles. The monoisotopic (exact) mass is 460 g/mol. The van der Waals surface area contributed by atoms with Crippen molar-refractivity contribution in [2.24, 2.45) is 0 Å². The molecule has 0 saturated heterocycles. The molecule has 0 amide bonds. The fraction of sp³-hybridized carbons (Fsp3) is 0. The van der Waals surface area contributed by atoms with Crippen LogP contribution in [-0.4, -0.2) is 9.97 Å². The second kappa shape index (κ2) is 10.4. The molecule has 0 atom stereocenters. The summed E-state index contributed by atoms with van der Waals surface area (Å²) in [6, 6.07) is 27.7. The Balaban J connectivity index is 0.00000140. The SMILES string of the molecule is [CH3-].[Pd+2].[c-]1c(Oc2cccc(-c3ccccn3)c2)cccc1Oc1ccccn1. The van der Waals surface area contributed by atoms with Gasteiger partial charge in [0, 0.05) is 35.5 Å². The first-order valence-electron chi connectivity index (χ1n) is 8.17. The second-order valence-electron chi connectivity index (χ2n) is 5.49. The van der Waals surface area contributed by atoms with Crippen LogP contribution in [0.25, 0.3) is 11.3 Å². The quantitative estimate of drug-likeness (QED) is 0.271. The fourth-order valence-electron chi connectivity index (χ4n) is 2.45. The maximum atomic E-state index is 5.94. The van der Waals surface area contributed by atoms with E-state index in [-0.39, 0.29) is 27.8 Å². The minimum atomic E-state index is 0. The summed E-state index contributed by atoms with van der Waals surface area (Å²) in [5, 5.41) is 0. The number of hydrogen-bond donors (Lipinski definition) is 0. The summed E-state index contributed by atoms with van der Waals surface area (Å²) in [6.45, 7) is 0. The van der Waals surface area contributed by atoms with Crippen molar-refractivity contribution in [3.63, 3.8) is 0 Å². The van der Waals surface area contributed by atoms with Crippen LogP contribution in [-0.2, 0) is 20.4 Å². The van der Waals surface area contributed by atoms with Crippen LogP contribution >= 0.6 is 0 Å². The third kappa shape index (κ3) is 5.50. The molecule has 28 heavy (non-hydrogen) atoms. The molecule has 0 N–H and O–H groups in total. The van der Waals surface area contributed by atoms with E-state index in [1.165, 1.54) is 0 Å². The maximum absolute atomic E-state index is 5.94. The first kappa shape index (κ1) is 21.3. The third-order valence-electron chi connectivity index (χ3n) is 3.62. The van der Waals surface area contributed by atoms with Gasteiger partial charge >= 0.3 is 20.4 Å². The molecule has 0 aliphatic carbocycles. The number of benzene rings is 2. The van der Waals surface area contributed by atoms with Crippen molar-refractivity contribution in [1.82, 2.24) is 9.97 Å². The summed E-state index contributed by atoms with van der Waals surface area (Å²) in [4.78, 5) is 8.51. The molecule has 0 bridgehead atoms. The number of ether oxygens (including phenoxy) is 2. The van der Waals surface area contributed by atoms with E-state index in [4.69, 9.17) is 9.47 Å². The summed E-state index contributed by atoms with van der Waals surface area (Å²) >= 11 is 0. The zero-order valence-electron chi connectivity index (χ0n) is 15.2. The third-order valence-corrected chi connectivity index (χ3v) is 3.62. The summed E-state index contributed by atoms with van der Waals surface area (Å²) in [5.74, 6) is 2.33. The minimum Gasteiger partial charge on any atom is -0.483 e. The van der Waals surface area contributed by atoms with E-state index in [0.717, 1.165) is 11.3 Å². The molecule has 0 saturated carbocycles. The van der Waals surface area contributed by atoms with Gasteiger partial charge in [-0.3, -0.25) is 4.98 Å². The molecule has 4 nitrogen and oxygen atoms in total. The molecule has 0 unspecified atom stereocenters. The van der Waals surface area contributed by atoms with Gasteiger partial charge in [0.1, 0.15) is 5.75 Å². The predicted molar refractivity (Wildman–Crippen MR) is 106 cm³/mol. The van der Waals surface area contributed by atoms with Crippen LogP contribution in [0.5, 0.6) is 23.1 Å². The Hall–Kier alpha value is -3.00. The van der Waals surface area contributed by atoms with Gasteiger partial charge in [-0.15, -0.1) is 12.1 Å². The predicted octanol–water partition coefficient (Wildman–Crippen LogP) is 5.98. The van der Waals surface area contributed by atoms with Crippen molar-refractivity contribution < 1.29 is 29.9 Å². The molecule has 0 radical (unpaired) electrons. The molecule has 0 spiro atoms. The van der Waals surface area contributed by atoms with Crippen LogP contribution < -0.4 is 9.47 Å².